The lowest BCUT2D eigenvalue weighted by atomic mass is 9.95. The maximum absolute atomic E-state index is 16.1. The number of hydrogen-bond acceptors (Lipinski definition) is 6. The average Bonchev–Trinajstić information content (AvgIpc) is 3.61. The number of anilines is 1. The van der Waals surface area contributed by atoms with E-state index in [0.717, 1.165) is 16.1 Å². The lowest BCUT2D eigenvalue weighted by Crippen LogP contribution is -2.27. The number of aryl methyl sites for hydroxylation is 1. The Bertz CT molecular complexity index is 1840. The highest BCUT2D eigenvalue weighted by Crippen LogP contribution is 2.36. The molecule has 38 heavy (non-hydrogen) atoms. The second-order valence-electron chi connectivity index (χ2n) is 10.1. The van der Waals surface area contributed by atoms with E-state index in [1.165, 1.54) is 4.88 Å². The first-order valence-corrected chi connectivity index (χ1v) is 12.9. The van der Waals surface area contributed by atoms with Crippen LogP contribution in [0.4, 0.5) is 10.1 Å². The van der Waals surface area contributed by atoms with Crippen molar-refractivity contribution in [2.75, 3.05) is 5.32 Å². The number of amides is 1. The Labute approximate surface area is 221 Å². The number of benzene rings is 1. The predicted molar refractivity (Wildman–Crippen MR) is 148 cm³/mol. The van der Waals surface area contributed by atoms with Crippen molar-refractivity contribution < 1.29 is 9.18 Å². The molecule has 0 aliphatic rings. The molecule has 6 rings (SSSR count). The van der Waals surface area contributed by atoms with Gasteiger partial charge in [0.1, 0.15) is 22.7 Å². The van der Waals surface area contributed by atoms with Crippen LogP contribution in [0.3, 0.4) is 0 Å². The Morgan fingerprint density at radius 3 is 2.66 bits per heavy atom. The van der Waals surface area contributed by atoms with E-state index in [2.05, 4.69) is 30.5 Å². The molecule has 6 aromatic rings. The van der Waals surface area contributed by atoms with Gasteiger partial charge < -0.3 is 10.3 Å². The van der Waals surface area contributed by atoms with Crippen LogP contribution in [0.15, 0.2) is 55.0 Å². The van der Waals surface area contributed by atoms with Gasteiger partial charge in [-0.2, -0.15) is 5.10 Å². The van der Waals surface area contributed by atoms with E-state index in [1.54, 1.807) is 48.1 Å². The highest BCUT2D eigenvalue weighted by Gasteiger charge is 2.23. The maximum atomic E-state index is 16.1. The van der Waals surface area contributed by atoms with Crippen molar-refractivity contribution in [3.63, 3.8) is 0 Å². The summed E-state index contributed by atoms with van der Waals surface area (Å²) < 4.78 is 16.1. The summed E-state index contributed by atoms with van der Waals surface area (Å²) in [6.45, 7) is 7.52. The van der Waals surface area contributed by atoms with Crippen LogP contribution in [0.5, 0.6) is 0 Å². The van der Waals surface area contributed by atoms with Crippen LogP contribution in [0, 0.1) is 18.2 Å². The van der Waals surface area contributed by atoms with Crippen LogP contribution in [0.1, 0.15) is 25.6 Å². The number of aromatic amines is 2. The second-order valence-corrected chi connectivity index (χ2v) is 11.4. The van der Waals surface area contributed by atoms with E-state index in [-0.39, 0.29) is 5.91 Å². The van der Waals surface area contributed by atoms with Gasteiger partial charge in [0.2, 0.25) is 5.91 Å². The molecule has 0 bridgehead atoms. The minimum absolute atomic E-state index is 0.152. The zero-order valence-corrected chi connectivity index (χ0v) is 22.0. The lowest BCUT2D eigenvalue weighted by Gasteiger charge is -2.17. The van der Waals surface area contributed by atoms with Crippen molar-refractivity contribution in [3.05, 3.63) is 65.7 Å². The van der Waals surface area contributed by atoms with Crippen LogP contribution in [-0.4, -0.2) is 36.0 Å². The number of rotatable bonds is 4. The molecular formula is C28H24FN7OS. The van der Waals surface area contributed by atoms with Crippen molar-refractivity contribution in [1.82, 2.24) is 30.1 Å². The largest absolute Gasteiger partial charge is 0.336 e. The number of carbonyl (C=O) groups is 1. The van der Waals surface area contributed by atoms with E-state index in [4.69, 9.17) is 4.98 Å². The van der Waals surface area contributed by atoms with Crippen molar-refractivity contribution in [3.8, 4) is 33.2 Å². The molecule has 0 aliphatic carbocycles. The standard InChI is InChI=1S/C28H24FN7OS/c1-14-5-8-20(38-14)24-23-19(9-10-31-24)33-26(34-23)25-21-18(35-36-25)7-6-17(22(21)29)15-11-16(13-30-12-15)32-27(37)28(2,3)4/h5-13H,1-4H3,(H,32,37)(H,33,34)(H,35,36). The Balaban J connectivity index is 1.44. The molecule has 0 saturated carbocycles. The van der Waals surface area contributed by atoms with Crippen molar-refractivity contribution in [2.24, 2.45) is 5.41 Å². The van der Waals surface area contributed by atoms with Crippen LogP contribution >= 0.6 is 11.3 Å². The normalized spacial score (nSPS) is 11.9. The predicted octanol–water partition coefficient (Wildman–Crippen LogP) is 6.72. The number of aromatic nitrogens is 6. The molecule has 5 aromatic heterocycles. The van der Waals surface area contributed by atoms with E-state index >= 15 is 4.39 Å². The second kappa shape index (κ2) is 8.84. The first-order chi connectivity index (χ1) is 18.2. The fourth-order valence-corrected chi connectivity index (χ4v) is 5.10. The summed E-state index contributed by atoms with van der Waals surface area (Å²) >= 11 is 1.64. The fourth-order valence-electron chi connectivity index (χ4n) is 4.23. The third-order valence-electron chi connectivity index (χ3n) is 6.25. The molecule has 0 saturated heterocycles. The van der Waals surface area contributed by atoms with Crippen LogP contribution in [0.25, 0.3) is 55.2 Å². The van der Waals surface area contributed by atoms with E-state index in [0.29, 0.717) is 44.8 Å². The van der Waals surface area contributed by atoms with E-state index < -0.39 is 11.2 Å². The van der Waals surface area contributed by atoms with Gasteiger partial charge in [0.25, 0.3) is 0 Å². The third kappa shape index (κ3) is 4.12. The molecule has 1 aromatic carbocycles. The van der Waals surface area contributed by atoms with Crippen LogP contribution in [0.2, 0.25) is 0 Å². The monoisotopic (exact) mass is 525 g/mol. The molecular weight excluding hydrogens is 501 g/mol. The molecule has 0 unspecified atom stereocenters. The molecule has 10 heteroatoms. The number of nitrogens with one attached hydrogen (secondary N) is 3. The number of fused-ring (bicyclic) bond motifs is 2. The molecule has 3 N–H and O–H groups in total. The van der Waals surface area contributed by atoms with Crippen molar-refractivity contribution >= 4 is 44.9 Å². The van der Waals surface area contributed by atoms with Gasteiger partial charge in [0.15, 0.2) is 5.82 Å². The zero-order valence-electron chi connectivity index (χ0n) is 21.2. The Morgan fingerprint density at radius 1 is 1.05 bits per heavy atom. The van der Waals surface area contributed by atoms with E-state index in [1.807, 2.05) is 45.9 Å². The number of thiophene rings is 1. The van der Waals surface area contributed by atoms with E-state index in [9.17, 15) is 4.79 Å². The summed E-state index contributed by atoms with van der Waals surface area (Å²) in [4.78, 5) is 31.5. The first kappa shape index (κ1) is 23.9. The Hall–Kier alpha value is -4.44. The Morgan fingerprint density at radius 2 is 1.89 bits per heavy atom. The topological polar surface area (TPSA) is 112 Å². The summed E-state index contributed by atoms with van der Waals surface area (Å²) in [6.07, 6.45) is 4.84. The van der Waals surface area contributed by atoms with Gasteiger partial charge in [0, 0.05) is 33.8 Å². The molecule has 5 heterocycles. The molecule has 8 nitrogen and oxygen atoms in total. The summed E-state index contributed by atoms with van der Waals surface area (Å²) in [7, 11) is 0. The number of H-pyrrole nitrogens is 2. The van der Waals surface area contributed by atoms with Crippen molar-refractivity contribution in [2.45, 2.75) is 27.7 Å². The first-order valence-electron chi connectivity index (χ1n) is 12.0. The van der Waals surface area contributed by atoms with Crippen LogP contribution in [-0.2, 0) is 4.79 Å². The number of imidazole rings is 1. The summed E-state index contributed by atoms with van der Waals surface area (Å²) in [5, 5.41) is 10.5. The SMILES string of the molecule is Cc1ccc(-c2nccc3[nH]c(-c4n[nH]c5ccc(-c6cncc(NC(=O)C(C)(C)C)c6)c(F)c45)nc23)s1. The molecule has 0 atom stereocenters. The molecule has 0 radical (unpaired) electrons. The quantitative estimate of drug-likeness (QED) is 0.236. The fraction of sp³-hybridized carbons (Fsp3) is 0.179. The van der Waals surface area contributed by atoms with Gasteiger partial charge >= 0.3 is 0 Å². The highest BCUT2D eigenvalue weighted by molar-refractivity contribution is 7.15. The molecule has 0 aliphatic heterocycles. The summed E-state index contributed by atoms with van der Waals surface area (Å²) in [6, 6.07) is 11.1. The number of pyridine rings is 2. The summed E-state index contributed by atoms with van der Waals surface area (Å²) in [5.74, 6) is -0.171. The van der Waals surface area contributed by atoms with Gasteiger partial charge in [-0.15, -0.1) is 11.3 Å². The number of halogens is 1. The van der Waals surface area contributed by atoms with Gasteiger partial charge in [-0.25, -0.2) is 9.37 Å². The number of hydrogen-bond donors (Lipinski definition) is 3. The van der Waals surface area contributed by atoms with Gasteiger partial charge in [-0.3, -0.25) is 19.9 Å². The molecule has 0 fully saturated rings. The smallest absolute Gasteiger partial charge is 0.229 e. The minimum Gasteiger partial charge on any atom is -0.336 e. The highest BCUT2D eigenvalue weighted by atomic mass is 32.1. The number of carbonyl (C=O) groups excluding carboxylic acids is 1. The molecule has 0 spiro atoms. The average molecular weight is 526 g/mol. The minimum atomic E-state index is -0.573. The van der Waals surface area contributed by atoms with Gasteiger partial charge in [-0.05, 0) is 43.3 Å². The van der Waals surface area contributed by atoms with Crippen LogP contribution < -0.4 is 5.32 Å². The van der Waals surface area contributed by atoms with Gasteiger partial charge in [0.05, 0.1) is 33.2 Å². The third-order valence-corrected chi connectivity index (χ3v) is 7.26. The summed E-state index contributed by atoms with van der Waals surface area (Å²) in [5.41, 5.74) is 3.96. The number of nitrogens with zero attached hydrogens (tertiary/aromatic N) is 4. The van der Waals surface area contributed by atoms with Gasteiger partial charge in [-0.1, -0.05) is 20.8 Å². The zero-order chi connectivity index (χ0) is 26.6. The molecule has 1 amide bonds. The maximum Gasteiger partial charge on any atom is 0.229 e. The lowest BCUT2D eigenvalue weighted by molar-refractivity contribution is -0.123. The Kier molecular flexibility index (Phi) is 5.57. The molecule has 190 valence electrons. The van der Waals surface area contributed by atoms with Crippen molar-refractivity contribution in [1.29, 1.82) is 0 Å².